The van der Waals surface area contributed by atoms with E-state index in [9.17, 15) is 4.79 Å². The predicted molar refractivity (Wildman–Crippen MR) is 78.1 cm³/mol. The van der Waals surface area contributed by atoms with E-state index in [0.29, 0.717) is 24.2 Å². The van der Waals surface area contributed by atoms with E-state index in [1.165, 1.54) is 19.3 Å². The monoisotopic (exact) mass is 266 g/mol. The Hall–Kier alpha value is -0.370. The summed E-state index contributed by atoms with van der Waals surface area (Å²) in [7, 11) is 0. The first kappa shape index (κ1) is 15.0. The molecule has 2 rings (SSSR count). The standard InChI is InChI=1S/C17H30O2/c1-4-19-17(10-6-8-14(3)12-17)16(18)15-9-5-7-13(2)11-15/h13-15H,4-12H2,1-3H3. The summed E-state index contributed by atoms with van der Waals surface area (Å²) in [6.07, 6.45) is 8.99. The van der Waals surface area contributed by atoms with Crippen LogP contribution in [0.5, 0.6) is 0 Å². The van der Waals surface area contributed by atoms with Gasteiger partial charge in [-0.25, -0.2) is 0 Å². The quantitative estimate of drug-likeness (QED) is 0.755. The summed E-state index contributed by atoms with van der Waals surface area (Å²) in [5, 5.41) is 0. The number of Topliss-reactive ketones (excluding diaryl/α,β-unsaturated/α-hetero) is 1. The lowest BCUT2D eigenvalue weighted by molar-refractivity contribution is -0.157. The third-order valence-corrected chi connectivity index (χ3v) is 5.13. The maximum Gasteiger partial charge on any atom is 0.167 e. The van der Waals surface area contributed by atoms with Gasteiger partial charge in [-0.2, -0.15) is 0 Å². The second-order valence-corrected chi connectivity index (χ2v) is 6.96. The molecule has 2 heteroatoms. The average molecular weight is 266 g/mol. The van der Waals surface area contributed by atoms with Crippen molar-refractivity contribution in [2.24, 2.45) is 17.8 Å². The van der Waals surface area contributed by atoms with E-state index in [2.05, 4.69) is 13.8 Å². The molecule has 0 bridgehead atoms. The van der Waals surface area contributed by atoms with E-state index in [4.69, 9.17) is 4.74 Å². The lowest BCUT2D eigenvalue weighted by Gasteiger charge is -2.41. The summed E-state index contributed by atoms with van der Waals surface area (Å²) >= 11 is 0. The van der Waals surface area contributed by atoms with Crippen LogP contribution in [0.4, 0.5) is 0 Å². The maximum absolute atomic E-state index is 13.0. The molecule has 0 N–H and O–H groups in total. The summed E-state index contributed by atoms with van der Waals surface area (Å²) in [5.41, 5.74) is -0.436. The topological polar surface area (TPSA) is 26.3 Å². The second kappa shape index (κ2) is 6.39. The van der Waals surface area contributed by atoms with Crippen LogP contribution in [-0.4, -0.2) is 18.0 Å². The van der Waals surface area contributed by atoms with Gasteiger partial charge in [0, 0.05) is 12.5 Å². The van der Waals surface area contributed by atoms with Gasteiger partial charge in [0.2, 0.25) is 0 Å². The van der Waals surface area contributed by atoms with Gasteiger partial charge in [0.15, 0.2) is 5.78 Å². The number of ketones is 1. The van der Waals surface area contributed by atoms with Crippen LogP contribution in [0.2, 0.25) is 0 Å². The molecule has 0 aromatic rings. The molecular formula is C17H30O2. The van der Waals surface area contributed by atoms with Gasteiger partial charge in [-0.15, -0.1) is 0 Å². The first-order chi connectivity index (χ1) is 9.07. The number of carbonyl (C=O) groups is 1. The zero-order valence-electron chi connectivity index (χ0n) is 12.9. The predicted octanol–water partition coefficient (Wildman–Crippen LogP) is 4.37. The third-order valence-electron chi connectivity index (χ3n) is 5.13. The van der Waals surface area contributed by atoms with Crippen molar-refractivity contribution in [1.82, 2.24) is 0 Å². The van der Waals surface area contributed by atoms with E-state index < -0.39 is 5.60 Å². The van der Waals surface area contributed by atoms with Crippen LogP contribution >= 0.6 is 0 Å². The van der Waals surface area contributed by atoms with Crippen LogP contribution in [0, 0.1) is 17.8 Å². The number of hydrogen-bond donors (Lipinski definition) is 0. The Morgan fingerprint density at radius 3 is 2.53 bits per heavy atom. The van der Waals surface area contributed by atoms with Crippen molar-refractivity contribution in [3.8, 4) is 0 Å². The molecule has 0 radical (unpaired) electrons. The van der Waals surface area contributed by atoms with Crippen LogP contribution in [0.15, 0.2) is 0 Å². The van der Waals surface area contributed by atoms with Gasteiger partial charge >= 0.3 is 0 Å². The van der Waals surface area contributed by atoms with Gasteiger partial charge in [0.25, 0.3) is 0 Å². The SMILES string of the molecule is CCOC1(C(=O)C2CCCC(C)C2)CCCC(C)C1. The summed E-state index contributed by atoms with van der Waals surface area (Å²) in [6, 6.07) is 0. The first-order valence-electron chi connectivity index (χ1n) is 8.25. The molecule has 110 valence electrons. The van der Waals surface area contributed by atoms with Crippen LogP contribution in [0.1, 0.15) is 72.1 Å². The normalized spacial score (nSPS) is 40.1. The van der Waals surface area contributed by atoms with Crippen molar-refractivity contribution < 1.29 is 9.53 Å². The molecule has 2 fully saturated rings. The van der Waals surface area contributed by atoms with Crippen molar-refractivity contribution in [2.75, 3.05) is 6.61 Å². The molecule has 2 aliphatic carbocycles. The molecule has 0 aromatic carbocycles. The lowest BCUT2D eigenvalue weighted by atomic mass is 9.69. The summed E-state index contributed by atoms with van der Waals surface area (Å²) in [6.45, 7) is 7.25. The van der Waals surface area contributed by atoms with E-state index in [1.54, 1.807) is 0 Å². The van der Waals surface area contributed by atoms with Crippen LogP contribution < -0.4 is 0 Å². The Kier molecular flexibility index (Phi) is 5.05. The van der Waals surface area contributed by atoms with E-state index in [0.717, 1.165) is 32.1 Å². The van der Waals surface area contributed by atoms with Crippen molar-refractivity contribution in [3.05, 3.63) is 0 Å². The van der Waals surface area contributed by atoms with E-state index in [1.807, 2.05) is 6.92 Å². The maximum atomic E-state index is 13.0. The highest BCUT2D eigenvalue weighted by Gasteiger charge is 2.45. The molecule has 4 unspecified atom stereocenters. The fourth-order valence-electron chi connectivity index (χ4n) is 4.25. The fraction of sp³-hybridized carbons (Fsp3) is 0.941. The minimum absolute atomic E-state index is 0.264. The van der Waals surface area contributed by atoms with Crippen molar-refractivity contribution in [2.45, 2.75) is 77.7 Å². The fourth-order valence-corrected chi connectivity index (χ4v) is 4.25. The molecule has 0 saturated heterocycles. The Morgan fingerprint density at radius 1 is 1.16 bits per heavy atom. The van der Waals surface area contributed by atoms with Gasteiger partial charge in [0.05, 0.1) is 0 Å². The van der Waals surface area contributed by atoms with Gasteiger partial charge in [0.1, 0.15) is 5.60 Å². The Bertz CT molecular complexity index is 308. The summed E-state index contributed by atoms with van der Waals surface area (Å²) < 4.78 is 6.04. The van der Waals surface area contributed by atoms with Crippen LogP contribution in [-0.2, 0) is 9.53 Å². The summed E-state index contributed by atoms with van der Waals surface area (Å²) in [4.78, 5) is 13.0. The zero-order chi connectivity index (χ0) is 13.9. The van der Waals surface area contributed by atoms with E-state index >= 15 is 0 Å². The van der Waals surface area contributed by atoms with Gasteiger partial charge < -0.3 is 4.74 Å². The largest absolute Gasteiger partial charge is 0.367 e. The smallest absolute Gasteiger partial charge is 0.167 e. The molecular weight excluding hydrogens is 236 g/mol. The molecule has 0 aliphatic heterocycles. The van der Waals surface area contributed by atoms with Gasteiger partial charge in [-0.05, 0) is 50.9 Å². The Labute approximate surface area is 118 Å². The zero-order valence-corrected chi connectivity index (χ0v) is 12.9. The Balaban J connectivity index is 2.11. The minimum atomic E-state index is -0.436. The Morgan fingerprint density at radius 2 is 1.89 bits per heavy atom. The van der Waals surface area contributed by atoms with Crippen molar-refractivity contribution >= 4 is 5.78 Å². The average Bonchev–Trinajstić information content (AvgIpc) is 2.38. The second-order valence-electron chi connectivity index (χ2n) is 6.96. The van der Waals surface area contributed by atoms with Gasteiger partial charge in [-0.3, -0.25) is 4.79 Å². The number of rotatable bonds is 4. The van der Waals surface area contributed by atoms with Crippen LogP contribution in [0.3, 0.4) is 0 Å². The van der Waals surface area contributed by atoms with Crippen molar-refractivity contribution in [3.63, 3.8) is 0 Å². The third kappa shape index (κ3) is 3.39. The van der Waals surface area contributed by atoms with Crippen LogP contribution in [0.25, 0.3) is 0 Å². The minimum Gasteiger partial charge on any atom is -0.367 e. The highest BCUT2D eigenvalue weighted by molar-refractivity contribution is 5.89. The van der Waals surface area contributed by atoms with E-state index in [-0.39, 0.29) is 5.92 Å². The lowest BCUT2D eigenvalue weighted by Crippen LogP contribution is -2.49. The van der Waals surface area contributed by atoms with Crippen molar-refractivity contribution in [1.29, 1.82) is 0 Å². The molecule has 4 atom stereocenters. The van der Waals surface area contributed by atoms with Gasteiger partial charge in [-0.1, -0.05) is 33.1 Å². The highest BCUT2D eigenvalue weighted by atomic mass is 16.5. The summed E-state index contributed by atoms with van der Waals surface area (Å²) in [5.74, 6) is 2.04. The molecule has 0 aromatic heterocycles. The molecule has 2 nitrogen and oxygen atoms in total. The molecule has 19 heavy (non-hydrogen) atoms. The molecule has 2 aliphatic rings. The first-order valence-corrected chi connectivity index (χ1v) is 8.25. The molecule has 0 heterocycles. The number of carbonyl (C=O) groups excluding carboxylic acids is 1. The molecule has 0 amide bonds. The highest BCUT2D eigenvalue weighted by Crippen LogP contribution is 2.41. The molecule has 0 spiro atoms. The number of hydrogen-bond acceptors (Lipinski definition) is 2. The number of ether oxygens (including phenoxy) is 1. The molecule has 2 saturated carbocycles.